The van der Waals surface area contributed by atoms with Crippen molar-refractivity contribution in [3.63, 3.8) is 0 Å². The predicted octanol–water partition coefficient (Wildman–Crippen LogP) is 1.46. The van der Waals surface area contributed by atoms with Gasteiger partial charge in [0.15, 0.2) is 5.16 Å². The summed E-state index contributed by atoms with van der Waals surface area (Å²) < 4.78 is 4.75. The lowest BCUT2D eigenvalue weighted by Crippen LogP contribution is -2.34. The number of ether oxygens (including phenoxy) is 1. The number of carbonyl (C=O) groups excluding carboxylic acids is 1. The predicted molar refractivity (Wildman–Crippen MR) is 75.3 cm³/mol. The quantitative estimate of drug-likeness (QED) is 0.552. The topological polar surface area (TPSA) is 118 Å². The number of thioether (sulfide) groups is 1. The molecule has 19 heavy (non-hydrogen) atoms. The summed E-state index contributed by atoms with van der Waals surface area (Å²) >= 11 is 0.558. The highest BCUT2D eigenvalue weighted by Crippen LogP contribution is 2.14. The van der Waals surface area contributed by atoms with Gasteiger partial charge in [0.05, 0.1) is 6.61 Å². The summed E-state index contributed by atoms with van der Waals surface area (Å²) in [5.41, 5.74) is 6.19. The number of hydrogen-bond donors (Lipinski definition) is 3. The number of hydrogen-bond acceptors (Lipinski definition) is 6. The monoisotopic (exact) mass is 331 g/mol. The summed E-state index contributed by atoms with van der Waals surface area (Å²) in [5, 5.41) is 7.72. The number of nitrogens with one attached hydrogen (secondary N) is 1. The Morgan fingerprint density at radius 1 is 1.58 bits per heavy atom. The molecule has 0 aromatic carbocycles. The first-order chi connectivity index (χ1) is 8.02. The van der Waals surface area contributed by atoms with E-state index in [1.807, 2.05) is 0 Å². The zero-order valence-corrected chi connectivity index (χ0v) is 12.4. The average molecular weight is 332 g/mol. The van der Waals surface area contributed by atoms with Gasteiger partial charge in [-0.05, 0) is 6.92 Å². The molecule has 0 bridgehead atoms. The van der Waals surface area contributed by atoms with Gasteiger partial charge in [0, 0.05) is 30.1 Å². The Bertz CT molecular complexity index is 416. The largest absolute Gasteiger partial charge is 0.473 e. The molecule has 0 unspecified atom stereocenters. The maximum Gasteiger partial charge on any atom is 0.372 e. The van der Waals surface area contributed by atoms with Gasteiger partial charge in [-0.25, -0.2) is 9.78 Å². The van der Waals surface area contributed by atoms with E-state index < -0.39 is 17.3 Å². The Morgan fingerprint density at radius 2 is 2.21 bits per heavy atom. The molecule has 1 aromatic heterocycles. The van der Waals surface area contributed by atoms with Gasteiger partial charge in [0.2, 0.25) is 0 Å². The fourth-order valence-electron chi connectivity index (χ4n) is 1.15. The average Bonchev–Trinajstić information content (AvgIpc) is 2.64. The molecular weight excluding hydrogens is 317 g/mol. The maximum absolute atomic E-state index is 11.3. The summed E-state index contributed by atoms with van der Waals surface area (Å²) in [7, 11) is 0. The van der Waals surface area contributed by atoms with E-state index in [9.17, 15) is 9.59 Å². The van der Waals surface area contributed by atoms with E-state index in [-0.39, 0.29) is 43.0 Å². The minimum Gasteiger partial charge on any atom is -0.473 e. The van der Waals surface area contributed by atoms with Crippen LogP contribution in [0.4, 0.5) is 4.79 Å². The van der Waals surface area contributed by atoms with Crippen molar-refractivity contribution in [3.8, 4) is 0 Å². The fourth-order valence-corrected chi connectivity index (χ4v) is 1.60. The standard InChI is InChI=1S/C9H13N3O4S.2ClH/c1-2-16-7(13)6(10)3-5-4-11-8(12-5)17-9(14)15;;/h4,6H,2-3,10H2,1H3,(H,11,12)(H,14,15);2*1H/t6-;;/m0../s1. The number of aromatic nitrogens is 2. The van der Waals surface area contributed by atoms with Gasteiger partial charge in [-0.3, -0.25) is 4.79 Å². The molecule has 0 aliphatic heterocycles. The lowest BCUT2D eigenvalue weighted by atomic mass is 10.2. The second-order valence-corrected chi connectivity index (χ2v) is 4.08. The SMILES string of the molecule is CCOC(=O)[C@@H](N)Cc1cnc(SC(=O)O)[nH]1.Cl.Cl. The van der Waals surface area contributed by atoms with Crippen molar-refractivity contribution in [3.05, 3.63) is 11.9 Å². The van der Waals surface area contributed by atoms with E-state index in [0.29, 0.717) is 17.5 Å². The summed E-state index contributed by atoms with van der Waals surface area (Å²) in [6, 6.07) is -0.780. The van der Waals surface area contributed by atoms with Gasteiger partial charge in [-0.2, -0.15) is 0 Å². The van der Waals surface area contributed by atoms with Gasteiger partial charge >= 0.3 is 11.3 Å². The third kappa shape index (κ3) is 7.26. The first-order valence-electron chi connectivity index (χ1n) is 4.89. The highest BCUT2D eigenvalue weighted by atomic mass is 35.5. The lowest BCUT2D eigenvalue weighted by Gasteiger charge is -2.08. The van der Waals surface area contributed by atoms with Gasteiger partial charge in [-0.1, -0.05) is 0 Å². The molecule has 0 fully saturated rings. The van der Waals surface area contributed by atoms with E-state index in [1.54, 1.807) is 6.92 Å². The van der Waals surface area contributed by atoms with Crippen LogP contribution < -0.4 is 5.73 Å². The second-order valence-electron chi connectivity index (χ2n) is 3.14. The van der Waals surface area contributed by atoms with Crippen LogP contribution >= 0.6 is 36.6 Å². The molecular formula is C9H15Cl2N3O4S. The molecule has 110 valence electrons. The third-order valence-corrected chi connectivity index (χ3v) is 2.39. The zero-order valence-electron chi connectivity index (χ0n) is 9.99. The first kappa shape index (κ1) is 20.4. The molecule has 0 aliphatic rings. The number of esters is 1. The number of halogens is 2. The number of aromatic amines is 1. The molecule has 7 nitrogen and oxygen atoms in total. The molecule has 10 heteroatoms. The van der Waals surface area contributed by atoms with Crippen molar-refractivity contribution in [1.29, 1.82) is 0 Å². The van der Waals surface area contributed by atoms with Crippen LogP contribution in [0.3, 0.4) is 0 Å². The minimum atomic E-state index is -1.06. The summed E-state index contributed by atoms with van der Waals surface area (Å²) in [6.45, 7) is 1.97. The van der Waals surface area contributed by atoms with Crippen LogP contribution in [0.5, 0.6) is 0 Å². The van der Waals surface area contributed by atoms with Crippen molar-refractivity contribution < 1.29 is 19.4 Å². The zero-order chi connectivity index (χ0) is 12.8. The summed E-state index contributed by atoms with van der Waals surface area (Å²) in [4.78, 5) is 28.2. The Labute approximate surface area is 126 Å². The van der Waals surface area contributed by atoms with Crippen LogP contribution in [0, 0.1) is 0 Å². The van der Waals surface area contributed by atoms with Crippen molar-refractivity contribution in [2.75, 3.05) is 6.61 Å². The lowest BCUT2D eigenvalue weighted by molar-refractivity contribution is -0.144. The van der Waals surface area contributed by atoms with E-state index in [4.69, 9.17) is 15.6 Å². The number of H-pyrrole nitrogens is 1. The molecule has 0 amide bonds. The Morgan fingerprint density at radius 3 is 2.74 bits per heavy atom. The highest BCUT2D eigenvalue weighted by molar-refractivity contribution is 8.13. The summed E-state index contributed by atoms with van der Waals surface area (Å²) in [6.07, 6.45) is 1.68. The Balaban J connectivity index is 0. The molecule has 0 radical (unpaired) electrons. The molecule has 1 heterocycles. The van der Waals surface area contributed by atoms with Crippen LogP contribution in [0.15, 0.2) is 11.4 Å². The second kappa shape index (κ2) is 9.90. The molecule has 0 spiro atoms. The third-order valence-electron chi connectivity index (χ3n) is 1.82. The van der Waals surface area contributed by atoms with Gasteiger partial charge in [0.1, 0.15) is 6.04 Å². The first-order valence-corrected chi connectivity index (χ1v) is 5.71. The van der Waals surface area contributed by atoms with Crippen molar-refractivity contribution >= 4 is 47.8 Å². The number of imidazole rings is 1. The number of rotatable bonds is 5. The van der Waals surface area contributed by atoms with E-state index >= 15 is 0 Å². The molecule has 1 atom stereocenters. The fraction of sp³-hybridized carbons (Fsp3) is 0.444. The van der Waals surface area contributed by atoms with Gasteiger partial charge in [0.25, 0.3) is 0 Å². The normalized spacial score (nSPS) is 10.8. The van der Waals surface area contributed by atoms with Crippen molar-refractivity contribution in [2.24, 2.45) is 5.73 Å². The van der Waals surface area contributed by atoms with E-state index in [0.717, 1.165) is 0 Å². The van der Waals surface area contributed by atoms with E-state index in [2.05, 4.69) is 9.97 Å². The molecule has 0 aliphatic carbocycles. The number of carboxylic acid groups (broad SMARTS) is 1. The summed E-state index contributed by atoms with van der Waals surface area (Å²) in [5.74, 6) is -0.491. The van der Waals surface area contributed by atoms with Gasteiger partial charge in [-0.15, -0.1) is 24.8 Å². The molecule has 1 rings (SSSR count). The highest BCUT2D eigenvalue weighted by Gasteiger charge is 2.16. The number of carbonyl (C=O) groups is 2. The van der Waals surface area contributed by atoms with E-state index in [1.165, 1.54) is 6.20 Å². The Kier molecular flexibility index (Phi) is 10.6. The minimum absolute atomic E-state index is 0. The smallest absolute Gasteiger partial charge is 0.372 e. The molecule has 1 aromatic rings. The van der Waals surface area contributed by atoms with Crippen molar-refractivity contribution in [1.82, 2.24) is 9.97 Å². The number of nitrogens with two attached hydrogens (primary N) is 1. The van der Waals surface area contributed by atoms with Crippen LogP contribution in [0.2, 0.25) is 0 Å². The van der Waals surface area contributed by atoms with Crippen LogP contribution in [-0.2, 0) is 16.0 Å². The van der Waals surface area contributed by atoms with Crippen LogP contribution in [0.25, 0.3) is 0 Å². The molecule has 0 saturated carbocycles. The van der Waals surface area contributed by atoms with Crippen LogP contribution in [0.1, 0.15) is 12.6 Å². The van der Waals surface area contributed by atoms with Gasteiger partial charge < -0.3 is 20.6 Å². The maximum atomic E-state index is 11.3. The van der Waals surface area contributed by atoms with Crippen LogP contribution in [-0.4, -0.2) is 39.0 Å². The van der Waals surface area contributed by atoms with Crippen molar-refractivity contribution in [2.45, 2.75) is 24.5 Å². The number of nitrogens with zero attached hydrogens (tertiary/aromatic N) is 1. The molecule has 4 N–H and O–H groups in total. The Hall–Kier alpha value is -0.960. The molecule has 0 saturated heterocycles.